The van der Waals surface area contributed by atoms with Gasteiger partial charge in [-0.1, -0.05) is 17.7 Å². The van der Waals surface area contributed by atoms with Gasteiger partial charge in [0.2, 0.25) is 0 Å². The zero-order valence-corrected chi connectivity index (χ0v) is 12.1. The number of hydrazone groups is 1. The lowest BCUT2D eigenvalue weighted by atomic mass is 10.2. The minimum absolute atomic E-state index is 0.0546. The topological polar surface area (TPSA) is 61.7 Å². The molecule has 0 aliphatic rings. The van der Waals surface area contributed by atoms with Gasteiger partial charge in [-0.2, -0.15) is 5.10 Å². The van der Waals surface area contributed by atoms with E-state index in [1.165, 1.54) is 11.3 Å². The molecule has 2 N–H and O–H groups in total. The molecule has 0 spiro atoms. The van der Waals surface area contributed by atoms with E-state index >= 15 is 0 Å². The van der Waals surface area contributed by atoms with Crippen LogP contribution in [0.15, 0.2) is 46.9 Å². The summed E-state index contributed by atoms with van der Waals surface area (Å²) in [6.45, 7) is 0. The first kappa shape index (κ1) is 14.6. The Labute approximate surface area is 125 Å². The van der Waals surface area contributed by atoms with Crippen LogP contribution in [0, 0.1) is 0 Å². The predicted octanol–water partition coefficient (Wildman–Crippen LogP) is 4.08. The Morgan fingerprint density at radius 2 is 2.00 bits per heavy atom. The number of carboxylic acid groups (broad SMARTS) is 1. The Bertz CT molecular complexity index is 594. The molecule has 1 aromatic carbocycles. The maximum absolute atomic E-state index is 10.7. The number of aliphatic carboxylic acids is 1. The maximum atomic E-state index is 10.7. The molecule has 0 radical (unpaired) electrons. The van der Waals surface area contributed by atoms with E-state index in [1.54, 1.807) is 12.1 Å². The van der Waals surface area contributed by atoms with E-state index in [-0.39, 0.29) is 6.42 Å². The van der Waals surface area contributed by atoms with Gasteiger partial charge in [0.1, 0.15) is 0 Å². The van der Waals surface area contributed by atoms with Crippen LogP contribution in [0.5, 0.6) is 0 Å². The van der Waals surface area contributed by atoms with Crippen LogP contribution in [0.1, 0.15) is 17.7 Å². The van der Waals surface area contributed by atoms with Crippen LogP contribution in [-0.2, 0) is 4.79 Å². The van der Waals surface area contributed by atoms with Crippen molar-refractivity contribution in [1.82, 2.24) is 0 Å². The van der Waals surface area contributed by atoms with E-state index in [4.69, 9.17) is 16.7 Å². The largest absolute Gasteiger partial charge is 0.481 e. The number of hydrogen-bond donors (Lipinski definition) is 2. The SMILES string of the molecule is O=C(O)CC/C(=N\Nc1ccc(Cl)cc1)c1cccs1. The number of nitrogens with one attached hydrogen (secondary N) is 1. The average Bonchev–Trinajstić information content (AvgIpc) is 2.94. The summed E-state index contributed by atoms with van der Waals surface area (Å²) in [5, 5.41) is 15.7. The van der Waals surface area contributed by atoms with Gasteiger partial charge in [0.15, 0.2) is 0 Å². The van der Waals surface area contributed by atoms with Crippen LogP contribution in [0.3, 0.4) is 0 Å². The smallest absolute Gasteiger partial charge is 0.303 e. The van der Waals surface area contributed by atoms with Gasteiger partial charge in [0.05, 0.1) is 22.7 Å². The molecule has 20 heavy (non-hydrogen) atoms. The number of benzene rings is 1. The summed E-state index contributed by atoms with van der Waals surface area (Å²) in [6.07, 6.45) is 0.440. The summed E-state index contributed by atoms with van der Waals surface area (Å²) in [6, 6.07) is 11.0. The molecule has 0 aliphatic heterocycles. The number of thiophene rings is 1. The van der Waals surface area contributed by atoms with Gasteiger partial charge in [-0.05, 0) is 35.7 Å². The van der Waals surface area contributed by atoms with E-state index < -0.39 is 5.97 Å². The van der Waals surface area contributed by atoms with Crippen molar-refractivity contribution in [3.63, 3.8) is 0 Å². The fourth-order valence-electron chi connectivity index (χ4n) is 1.56. The molecular weight excluding hydrogens is 296 g/mol. The number of carbonyl (C=O) groups is 1. The Balaban J connectivity index is 2.11. The monoisotopic (exact) mass is 308 g/mol. The van der Waals surface area contributed by atoms with E-state index in [0.717, 1.165) is 16.3 Å². The van der Waals surface area contributed by atoms with Gasteiger partial charge >= 0.3 is 5.97 Å². The Morgan fingerprint density at radius 3 is 2.60 bits per heavy atom. The zero-order chi connectivity index (χ0) is 14.4. The third-order valence-electron chi connectivity index (χ3n) is 2.55. The van der Waals surface area contributed by atoms with E-state index in [0.29, 0.717) is 11.4 Å². The van der Waals surface area contributed by atoms with Crippen molar-refractivity contribution in [2.45, 2.75) is 12.8 Å². The summed E-state index contributed by atoms with van der Waals surface area (Å²) in [5.74, 6) is -0.833. The summed E-state index contributed by atoms with van der Waals surface area (Å²) < 4.78 is 0. The number of carboxylic acids is 1. The highest BCUT2D eigenvalue weighted by atomic mass is 35.5. The van der Waals surface area contributed by atoms with Gasteiger partial charge < -0.3 is 5.11 Å². The number of halogens is 1. The number of hydrogen-bond acceptors (Lipinski definition) is 4. The molecular formula is C14H13ClN2O2S. The van der Waals surface area contributed by atoms with Crippen molar-refractivity contribution in [2.75, 3.05) is 5.43 Å². The third-order valence-corrected chi connectivity index (χ3v) is 3.72. The first-order valence-electron chi connectivity index (χ1n) is 5.99. The molecule has 0 amide bonds. The molecule has 104 valence electrons. The van der Waals surface area contributed by atoms with E-state index in [2.05, 4.69) is 10.5 Å². The fraction of sp³-hybridized carbons (Fsp3) is 0.143. The first-order valence-corrected chi connectivity index (χ1v) is 7.25. The van der Waals surface area contributed by atoms with Gasteiger partial charge in [-0.25, -0.2) is 0 Å². The predicted molar refractivity (Wildman–Crippen MR) is 82.8 cm³/mol. The molecule has 0 saturated carbocycles. The first-order chi connectivity index (χ1) is 9.65. The van der Waals surface area contributed by atoms with Crippen LogP contribution in [-0.4, -0.2) is 16.8 Å². The Hall–Kier alpha value is -1.85. The molecule has 0 unspecified atom stereocenters. The van der Waals surface area contributed by atoms with Crippen LogP contribution >= 0.6 is 22.9 Å². The highest BCUT2D eigenvalue weighted by Crippen LogP contribution is 2.16. The second-order valence-corrected chi connectivity index (χ2v) is 5.43. The van der Waals surface area contributed by atoms with Crippen molar-refractivity contribution in [3.8, 4) is 0 Å². The average molecular weight is 309 g/mol. The quantitative estimate of drug-likeness (QED) is 0.624. The molecule has 2 aromatic rings. The van der Waals surface area contributed by atoms with Gasteiger partial charge in [0, 0.05) is 11.4 Å². The van der Waals surface area contributed by atoms with Crippen molar-refractivity contribution in [3.05, 3.63) is 51.7 Å². The lowest BCUT2D eigenvalue weighted by molar-refractivity contribution is -0.136. The lowest BCUT2D eigenvalue weighted by Crippen LogP contribution is -2.06. The molecule has 0 saturated heterocycles. The molecule has 1 aromatic heterocycles. The fourth-order valence-corrected chi connectivity index (χ4v) is 2.43. The molecule has 6 heteroatoms. The van der Waals surface area contributed by atoms with Crippen molar-refractivity contribution >= 4 is 40.3 Å². The molecule has 1 heterocycles. The van der Waals surface area contributed by atoms with Gasteiger partial charge in [-0.15, -0.1) is 11.3 Å². The molecule has 0 bridgehead atoms. The Kier molecular flexibility index (Phi) is 5.15. The summed E-state index contributed by atoms with van der Waals surface area (Å²) in [7, 11) is 0. The van der Waals surface area contributed by atoms with Gasteiger partial charge in [0.25, 0.3) is 0 Å². The standard InChI is InChI=1S/C14H13ClN2O2S/c15-10-3-5-11(6-4-10)16-17-12(7-8-14(18)19)13-2-1-9-20-13/h1-6,9,16H,7-8H2,(H,18,19)/b17-12+. The van der Waals surface area contributed by atoms with E-state index in [9.17, 15) is 4.79 Å². The summed E-state index contributed by atoms with van der Waals surface area (Å²) >= 11 is 7.35. The number of rotatable bonds is 6. The van der Waals surface area contributed by atoms with Crippen LogP contribution in [0.4, 0.5) is 5.69 Å². The van der Waals surface area contributed by atoms with Crippen molar-refractivity contribution in [1.29, 1.82) is 0 Å². The zero-order valence-electron chi connectivity index (χ0n) is 10.5. The van der Waals surface area contributed by atoms with Crippen LogP contribution in [0.25, 0.3) is 0 Å². The van der Waals surface area contributed by atoms with Crippen LogP contribution < -0.4 is 5.43 Å². The maximum Gasteiger partial charge on any atom is 0.303 e. The Morgan fingerprint density at radius 1 is 1.25 bits per heavy atom. The highest BCUT2D eigenvalue weighted by Gasteiger charge is 2.08. The minimum atomic E-state index is -0.833. The van der Waals surface area contributed by atoms with Crippen molar-refractivity contribution in [2.24, 2.45) is 5.10 Å². The highest BCUT2D eigenvalue weighted by molar-refractivity contribution is 7.12. The summed E-state index contributed by atoms with van der Waals surface area (Å²) in [5.41, 5.74) is 4.47. The minimum Gasteiger partial charge on any atom is -0.481 e. The third kappa shape index (κ3) is 4.36. The normalized spacial score (nSPS) is 11.3. The molecule has 0 aliphatic carbocycles. The number of nitrogens with zero attached hydrogens (tertiary/aromatic N) is 1. The van der Waals surface area contributed by atoms with Crippen molar-refractivity contribution < 1.29 is 9.90 Å². The molecule has 0 fully saturated rings. The summed E-state index contributed by atoms with van der Waals surface area (Å²) in [4.78, 5) is 11.7. The lowest BCUT2D eigenvalue weighted by Gasteiger charge is -2.05. The van der Waals surface area contributed by atoms with E-state index in [1.807, 2.05) is 29.6 Å². The molecule has 4 nitrogen and oxygen atoms in total. The van der Waals surface area contributed by atoms with Crippen LogP contribution in [0.2, 0.25) is 5.02 Å². The van der Waals surface area contributed by atoms with Gasteiger partial charge in [-0.3, -0.25) is 10.2 Å². The molecule has 2 rings (SSSR count). The second kappa shape index (κ2) is 7.07. The number of anilines is 1. The molecule has 0 atom stereocenters. The second-order valence-electron chi connectivity index (χ2n) is 4.05.